The van der Waals surface area contributed by atoms with Crippen molar-refractivity contribution < 1.29 is 36.2 Å². The average Bonchev–Trinajstić information content (AvgIpc) is 3.16. The molecule has 2 heterocycles. The quantitative estimate of drug-likeness (QED) is 0.349. The molecule has 0 saturated carbocycles. The Balaban J connectivity index is 1.90. The van der Waals surface area contributed by atoms with E-state index in [1.807, 2.05) is 0 Å². The maximum atomic E-state index is 14.4. The van der Waals surface area contributed by atoms with Gasteiger partial charge in [0.1, 0.15) is 0 Å². The van der Waals surface area contributed by atoms with Gasteiger partial charge in [-0.05, 0) is 24.3 Å². The minimum absolute atomic E-state index is 0.0749. The Morgan fingerprint density at radius 3 is 1.92 bits per heavy atom. The van der Waals surface area contributed by atoms with Crippen LogP contribution in [0.3, 0.4) is 0 Å². The van der Waals surface area contributed by atoms with Gasteiger partial charge in [-0.2, -0.15) is 4.31 Å². The van der Waals surface area contributed by atoms with E-state index in [1.54, 1.807) is 54.6 Å². The first-order valence-electron chi connectivity index (χ1n) is 10.7. The Morgan fingerprint density at radius 1 is 0.889 bits per heavy atom. The normalized spacial score (nSPS) is 23.8. The van der Waals surface area contributed by atoms with Gasteiger partial charge in [0.2, 0.25) is 5.76 Å². The summed E-state index contributed by atoms with van der Waals surface area (Å²) in [5.74, 6) is -1.06. The lowest BCUT2D eigenvalue weighted by Gasteiger charge is -2.48. The van der Waals surface area contributed by atoms with E-state index in [9.17, 15) is 22.7 Å². The number of benzene rings is 3. The van der Waals surface area contributed by atoms with Crippen LogP contribution >= 0.6 is 15.3 Å². The second-order valence-electron chi connectivity index (χ2n) is 7.96. The number of rotatable bonds is 7. The Bertz CT molecular complexity index is 1510. The van der Waals surface area contributed by atoms with E-state index in [0.717, 1.165) is 14.2 Å². The molecule has 0 radical (unpaired) electrons. The smallest absolute Gasteiger partial charge is 0.309 e. The topological polar surface area (TPSA) is 119 Å². The van der Waals surface area contributed by atoms with Crippen LogP contribution in [0.2, 0.25) is 0 Å². The number of amides is 1. The minimum atomic E-state index is -4.65. The van der Waals surface area contributed by atoms with Gasteiger partial charge in [0.05, 0.1) is 4.90 Å². The molecule has 5 rings (SSSR count). The third-order valence-corrected chi connectivity index (χ3v) is 14.6. The molecule has 2 aliphatic heterocycles. The van der Waals surface area contributed by atoms with Crippen LogP contribution in [0.1, 0.15) is 5.56 Å². The number of β-lactam (4-membered cyclic amide) rings is 1. The van der Waals surface area contributed by atoms with E-state index in [0.29, 0.717) is 9.87 Å². The fraction of sp³-hybridized carbons (Fsp3) is 0.125. The Kier molecular flexibility index (Phi) is 5.95. The number of carbonyl (C=O) groups excluding carboxylic acids is 1. The van der Waals surface area contributed by atoms with Crippen molar-refractivity contribution in [2.24, 2.45) is 0 Å². The first kappa shape index (κ1) is 24.8. The molecule has 1 fully saturated rings. The monoisotopic (exact) mass is 546 g/mol. The van der Waals surface area contributed by atoms with Gasteiger partial charge < -0.3 is 13.6 Å². The highest BCUT2D eigenvalue weighted by molar-refractivity contribution is 7.93. The van der Waals surface area contributed by atoms with Crippen molar-refractivity contribution in [3.63, 3.8) is 0 Å². The molecule has 2 aliphatic rings. The lowest BCUT2D eigenvalue weighted by Crippen LogP contribution is -2.67. The van der Waals surface area contributed by atoms with Crippen molar-refractivity contribution in [2.75, 3.05) is 14.2 Å². The zero-order chi connectivity index (χ0) is 25.8. The largest absolute Gasteiger partial charge is 0.407 e. The highest BCUT2D eigenvalue weighted by Crippen LogP contribution is 2.91. The molecule has 186 valence electrons. The second-order valence-corrected chi connectivity index (χ2v) is 15.0. The first-order valence-corrected chi connectivity index (χ1v) is 15.4. The summed E-state index contributed by atoms with van der Waals surface area (Å²) in [6, 6.07) is 23.6. The van der Waals surface area contributed by atoms with Crippen molar-refractivity contribution in [1.82, 2.24) is 4.31 Å². The summed E-state index contributed by atoms with van der Waals surface area (Å²) < 4.78 is 59.5. The van der Waals surface area contributed by atoms with Gasteiger partial charge in [-0.15, -0.1) is 0 Å². The number of fused-ring (bicyclic) bond motifs is 1. The van der Waals surface area contributed by atoms with Crippen molar-refractivity contribution in [3.8, 4) is 0 Å². The number of sulfonamides is 1. The summed E-state index contributed by atoms with van der Waals surface area (Å²) in [4.78, 5) is 25.9. The van der Waals surface area contributed by atoms with Gasteiger partial charge in [-0.1, -0.05) is 66.7 Å². The van der Waals surface area contributed by atoms with Crippen molar-refractivity contribution >= 4 is 42.3 Å². The number of hydrogen-bond acceptors (Lipinski definition) is 8. The lowest BCUT2D eigenvalue weighted by atomic mass is 10.0. The molecular formula is C24H22NO8P2S+. The Morgan fingerprint density at radius 2 is 1.39 bits per heavy atom. The molecule has 1 amide bonds. The molecule has 36 heavy (non-hydrogen) atoms. The Labute approximate surface area is 209 Å². The molecule has 0 aliphatic carbocycles. The molecule has 3 aromatic rings. The van der Waals surface area contributed by atoms with Crippen LogP contribution in [0.15, 0.2) is 101 Å². The highest BCUT2D eigenvalue weighted by atomic mass is 32.2. The molecule has 0 bridgehead atoms. The van der Waals surface area contributed by atoms with Crippen LogP contribution in [0.25, 0.3) is 5.76 Å². The third-order valence-electron chi connectivity index (χ3n) is 6.18. The summed E-state index contributed by atoms with van der Waals surface area (Å²) in [6.07, 6.45) is 0. The minimum Gasteiger partial charge on any atom is -0.309 e. The average molecular weight is 546 g/mol. The van der Waals surface area contributed by atoms with E-state index >= 15 is 0 Å². The molecule has 2 atom stereocenters. The van der Waals surface area contributed by atoms with Crippen molar-refractivity contribution in [3.05, 3.63) is 102 Å². The standard InChI is InChI=1S/C24H22NO8P2S/c1-31-35(28,32-2)24-21(23(26)25(24)36(29,30)20-16-10-5-11-17-20)22(18-12-6-3-7-13-18)33-34(24,27)19-14-8-4-9-15-19/h3-17,27H,1-2H3/q+1. The van der Waals surface area contributed by atoms with Crippen LogP contribution in [0.4, 0.5) is 0 Å². The number of nitrogens with zero attached hydrogens (tertiary/aromatic N) is 1. The van der Waals surface area contributed by atoms with Gasteiger partial charge >= 0.3 is 20.3 Å². The van der Waals surface area contributed by atoms with Crippen LogP contribution in [0, 0.1) is 0 Å². The van der Waals surface area contributed by atoms with E-state index in [2.05, 4.69) is 0 Å². The molecule has 0 aromatic heterocycles. The predicted molar refractivity (Wildman–Crippen MR) is 134 cm³/mol. The third kappa shape index (κ3) is 3.07. The van der Waals surface area contributed by atoms with Gasteiger partial charge in [0.25, 0.3) is 15.9 Å². The molecule has 1 N–H and O–H groups in total. The SMILES string of the molecule is COP(=O)(OC)C12C(=C(c3ccccc3)O[P+]1(O)c1ccccc1)C(=O)N2S(=O)(=O)c1ccccc1. The molecule has 3 aromatic carbocycles. The van der Waals surface area contributed by atoms with Gasteiger partial charge in [-0.25, -0.2) is 13.3 Å². The van der Waals surface area contributed by atoms with Gasteiger partial charge in [-0.3, -0.25) is 9.36 Å². The summed E-state index contributed by atoms with van der Waals surface area (Å²) in [6.45, 7) is 0. The second kappa shape index (κ2) is 8.63. The summed E-state index contributed by atoms with van der Waals surface area (Å²) in [5.41, 5.74) is 0.118. The van der Waals surface area contributed by atoms with Crippen LogP contribution in [-0.4, -0.2) is 42.8 Å². The number of hydrogen-bond donors (Lipinski definition) is 1. The molecule has 1 saturated heterocycles. The van der Waals surface area contributed by atoms with E-state index < -0.39 is 36.3 Å². The van der Waals surface area contributed by atoms with Crippen molar-refractivity contribution in [1.29, 1.82) is 0 Å². The fourth-order valence-electron chi connectivity index (χ4n) is 4.57. The van der Waals surface area contributed by atoms with Gasteiger partial charge in [0, 0.05) is 19.8 Å². The summed E-state index contributed by atoms with van der Waals surface area (Å²) in [7, 11) is -11.4. The number of carbonyl (C=O) groups is 1. The highest BCUT2D eigenvalue weighted by Gasteiger charge is 2.93. The Hall–Kier alpha value is -2.84. The molecule has 12 heteroatoms. The zero-order valence-corrected chi connectivity index (χ0v) is 21.8. The lowest BCUT2D eigenvalue weighted by molar-refractivity contribution is -0.129. The molecule has 9 nitrogen and oxygen atoms in total. The maximum Gasteiger partial charge on any atom is 0.407 e. The van der Waals surface area contributed by atoms with Crippen LogP contribution in [0.5, 0.6) is 0 Å². The van der Waals surface area contributed by atoms with Crippen LogP contribution in [-0.2, 0) is 33.0 Å². The summed E-state index contributed by atoms with van der Waals surface area (Å²) >= 11 is 0. The van der Waals surface area contributed by atoms with E-state index in [4.69, 9.17) is 13.6 Å². The van der Waals surface area contributed by atoms with Gasteiger partial charge in [0.15, 0.2) is 10.9 Å². The van der Waals surface area contributed by atoms with Crippen LogP contribution < -0.4 is 5.30 Å². The van der Waals surface area contributed by atoms with E-state index in [1.165, 1.54) is 36.4 Å². The summed E-state index contributed by atoms with van der Waals surface area (Å²) in [5, 5.41) is -2.31. The fourth-order valence-corrected chi connectivity index (χ4v) is 13.5. The predicted octanol–water partition coefficient (Wildman–Crippen LogP) is 3.96. The maximum absolute atomic E-state index is 14.4. The molecular weight excluding hydrogens is 524 g/mol. The van der Waals surface area contributed by atoms with E-state index in [-0.39, 0.29) is 21.5 Å². The first-order chi connectivity index (χ1) is 17.2. The molecule has 2 unspecified atom stereocenters. The van der Waals surface area contributed by atoms with Crippen molar-refractivity contribution in [2.45, 2.75) is 9.92 Å². The molecule has 0 spiro atoms. The zero-order valence-electron chi connectivity index (χ0n) is 19.2.